The Morgan fingerprint density at radius 2 is 0.671 bits per heavy atom. The van der Waals surface area contributed by atoms with Gasteiger partial charge in [-0.3, -0.25) is 9.59 Å². The van der Waals surface area contributed by atoms with Gasteiger partial charge in [-0.25, -0.2) is 0 Å². The molecule has 0 fully saturated rings. The largest absolute Gasteiger partial charge is 0.466 e. The first-order valence-electron chi connectivity index (χ1n) is 31.9. The molecule has 0 bridgehead atoms. The summed E-state index contributed by atoms with van der Waals surface area (Å²) in [4.78, 5) is 24.6. The van der Waals surface area contributed by atoms with Crippen molar-refractivity contribution in [3.05, 3.63) is 12.2 Å². The van der Waals surface area contributed by atoms with Gasteiger partial charge in [0.1, 0.15) is 0 Å². The second-order valence-electron chi connectivity index (χ2n) is 22.1. The molecule has 0 spiro atoms. The molecule has 2 unspecified atom stereocenters. The molecule has 0 aromatic carbocycles. The first kappa shape index (κ1) is 68.6. The number of rotatable bonds is 60. The lowest BCUT2D eigenvalue weighted by molar-refractivity contribution is -0.143. The van der Waals surface area contributed by atoms with Crippen LogP contribution >= 0.6 is 0 Å². The zero-order chi connectivity index (χ0) is 50.7. The van der Waals surface area contributed by atoms with Crippen molar-refractivity contribution in [1.29, 1.82) is 0 Å². The number of allylic oxidation sites excluding steroid dienone is 2. The van der Waals surface area contributed by atoms with Gasteiger partial charge in [0.15, 0.2) is 0 Å². The highest BCUT2D eigenvalue weighted by molar-refractivity contribution is 5.76. The van der Waals surface area contributed by atoms with Crippen LogP contribution in [0.3, 0.4) is 0 Å². The zero-order valence-electron chi connectivity index (χ0n) is 47.5. The SMILES string of the molecule is CCCCCCCCCCCCCCCCCCCC(O)C(CO)NC(=O)CCCCCCCCC/C=C\CCCCCCCCCCCCOC(=O)CCCCCCCCCCCCCCCCC. The van der Waals surface area contributed by atoms with E-state index in [0.717, 1.165) is 38.5 Å². The molecule has 3 N–H and O–H groups in total. The van der Waals surface area contributed by atoms with Gasteiger partial charge < -0.3 is 20.3 Å². The van der Waals surface area contributed by atoms with Crippen molar-refractivity contribution in [1.82, 2.24) is 5.32 Å². The molecule has 0 rings (SSSR count). The van der Waals surface area contributed by atoms with Gasteiger partial charge in [0.25, 0.3) is 0 Å². The van der Waals surface area contributed by atoms with Crippen molar-refractivity contribution in [3.63, 3.8) is 0 Å². The molecule has 70 heavy (non-hydrogen) atoms. The fourth-order valence-electron chi connectivity index (χ4n) is 10.2. The molecule has 6 nitrogen and oxygen atoms in total. The van der Waals surface area contributed by atoms with Gasteiger partial charge in [-0.2, -0.15) is 0 Å². The number of unbranched alkanes of at least 4 members (excludes halogenated alkanes) is 47. The third-order valence-electron chi connectivity index (χ3n) is 15.1. The summed E-state index contributed by atoms with van der Waals surface area (Å²) in [6, 6.07) is -0.547. The summed E-state index contributed by atoms with van der Waals surface area (Å²) in [5, 5.41) is 23.3. The maximum Gasteiger partial charge on any atom is 0.305 e. The van der Waals surface area contributed by atoms with Crippen LogP contribution in [0.4, 0.5) is 0 Å². The van der Waals surface area contributed by atoms with Crippen molar-refractivity contribution in [2.75, 3.05) is 13.2 Å². The lowest BCUT2D eigenvalue weighted by Crippen LogP contribution is -2.45. The van der Waals surface area contributed by atoms with Crippen molar-refractivity contribution in [2.45, 2.75) is 373 Å². The van der Waals surface area contributed by atoms with E-state index in [-0.39, 0.29) is 18.5 Å². The van der Waals surface area contributed by atoms with Gasteiger partial charge in [-0.1, -0.05) is 309 Å². The second kappa shape index (κ2) is 60.2. The molecule has 0 heterocycles. The number of esters is 1. The van der Waals surface area contributed by atoms with E-state index in [1.165, 1.54) is 289 Å². The molecular formula is C64H125NO5. The van der Waals surface area contributed by atoms with Crippen LogP contribution in [-0.4, -0.2) is 47.4 Å². The standard InChI is InChI=1S/C64H125NO5/c1-3-5-7-9-11-13-15-17-19-25-29-32-36-40-44-48-52-56-62(67)61(60-66)65-63(68)57-53-49-45-41-37-33-30-26-23-21-20-22-24-27-31-35-39-43-47-51-55-59-70-64(69)58-54-50-46-42-38-34-28-18-16-14-12-10-8-6-4-2/h21,23,61-62,66-67H,3-20,22,24-60H2,1-2H3,(H,65,68)/b23-21-. The maximum absolute atomic E-state index is 12.5. The lowest BCUT2D eigenvalue weighted by atomic mass is 10.0. The van der Waals surface area contributed by atoms with E-state index in [2.05, 4.69) is 31.3 Å². The van der Waals surface area contributed by atoms with Crippen molar-refractivity contribution in [2.24, 2.45) is 0 Å². The Bertz CT molecular complexity index is 1050. The Kier molecular flexibility index (Phi) is 59.0. The molecule has 0 saturated carbocycles. The summed E-state index contributed by atoms with van der Waals surface area (Å²) in [5.74, 6) is -0.0275. The molecule has 2 atom stereocenters. The van der Waals surface area contributed by atoms with Crippen LogP contribution in [0.25, 0.3) is 0 Å². The summed E-state index contributed by atoms with van der Waals surface area (Å²) in [7, 11) is 0. The Hall–Kier alpha value is -1.40. The van der Waals surface area contributed by atoms with Gasteiger partial charge in [0.05, 0.1) is 25.4 Å². The third-order valence-corrected chi connectivity index (χ3v) is 15.1. The third kappa shape index (κ3) is 55.9. The summed E-state index contributed by atoms with van der Waals surface area (Å²) in [6.07, 6.45) is 72.2. The van der Waals surface area contributed by atoms with Crippen LogP contribution < -0.4 is 5.32 Å². The number of carbonyl (C=O) groups is 2. The Morgan fingerprint density at radius 3 is 1.01 bits per heavy atom. The summed E-state index contributed by atoms with van der Waals surface area (Å²) < 4.78 is 5.49. The maximum atomic E-state index is 12.5. The molecule has 0 radical (unpaired) electrons. The summed E-state index contributed by atoms with van der Waals surface area (Å²) in [5.41, 5.74) is 0. The molecule has 1 amide bonds. The Labute approximate surface area is 438 Å². The fraction of sp³-hybridized carbons (Fsp3) is 0.938. The number of ether oxygens (including phenoxy) is 1. The molecular weight excluding hydrogens is 863 g/mol. The zero-order valence-corrected chi connectivity index (χ0v) is 47.5. The molecule has 0 aliphatic carbocycles. The predicted octanol–water partition coefficient (Wildman–Crippen LogP) is 20.0. The molecule has 0 aromatic heterocycles. The number of nitrogens with one attached hydrogen (secondary N) is 1. The van der Waals surface area contributed by atoms with Crippen LogP contribution in [0, 0.1) is 0 Å². The predicted molar refractivity (Wildman–Crippen MR) is 306 cm³/mol. The van der Waals surface area contributed by atoms with Crippen LogP contribution in [0.1, 0.15) is 361 Å². The van der Waals surface area contributed by atoms with E-state index in [1.54, 1.807) is 0 Å². The van der Waals surface area contributed by atoms with Crippen molar-refractivity contribution < 1.29 is 24.5 Å². The number of aliphatic hydroxyl groups excluding tert-OH is 2. The lowest BCUT2D eigenvalue weighted by Gasteiger charge is -2.22. The average molecular weight is 989 g/mol. The van der Waals surface area contributed by atoms with Crippen molar-refractivity contribution >= 4 is 11.9 Å². The minimum atomic E-state index is -0.669. The quantitative estimate of drug-likeness (QED) is 0.0321. The van der Waals surface area contributed by atoms with Crippen LogP contribution in [-0.2, 0) is 14.3 Å². The van der Waals surface area contributed by atoms with E-state index < -0.39 is 12.1 Å². The number of hydrogen-bond acceptors (Lipinski definition) is 5. The van der Waals surface area contributed by atoms with E-state index >= 15 is 0 Å². The van der Waals surface area contributed by atoms with Gasteiger partial charge in [-0.15, -0.1) is 0 Å². The van der Waals surface area contributed by atoms with Gasteiger partial charge in [0, 0.05) is 12.8 Å². The van der Waals surface area contributed by atoms with Crippen LogP contribution in [0.15, 0.2) is 12.2 Å². The van der Waals surface area contributed by atoms with E-state index in [9.17, 15) is 19.8 Å². The van der Waals surface area contributed by atoms with E-state index in [0.29, 0.717) is 25.9 Å². The van der Waals surface area contributed by atoms with Crippen LogP contribution in [0.5, 0.6) is 0 Å². The number of carbonyl (C=O) groups excluding carboxylic acids is 2. The number of hydrogen-bond donors (Lipinski definition) is 3. The van der Waals surface area contributed by atoms with E-state index in [1.807, 2.05) is 0 Å². The van der Waals surface area contributed by atoms with E-state index in [4.69, 9.17) is 4.74 Å². The Morgan fingerprint density at radius 1 is 0.386 bits per heavy atom. The summed E-state index contributed by atoms with van der Waals surface area (Å²) in [6.45, 7) is 4.98. The molecule has 416 valence electrons. The normalized spacial score (nSPS) is 12.6. The number of aliphatic hydroxyl groups is 2. The summed E-state index contributed by atoms with van der Waals surface area (Å²) >= 11 is 0. The Balaban J connectivity index is 3.41. The minimum absolute atomic E-state index is 0.0120. The molecule has 0 aromatic rings. The highest BCUT2D eigenvalue weighted by Gasteiger charge is 2.20. The first-order valence-corrected chi connectivity index (χ1v) is 31.9. The molecule has 0 aliphatic heterocycles. The molecule has 6 heteroatoms. The minimum Gasteiger partial charge on any atom is -0.466 e. The smallest absolute Gasteiger partial charge is 0.305 e. The van der Waals surface area contributed by atoms with Crippen molar-refractivity contribution in [3.8, 4) is 0 Å². The van der Waals surface area contributed by atoms with Crippen LogP contribution in [0.2, 0.25) is 0 Å². The first-order chi connectivity index (χ1) is 34.5. The van der Waals surface area contributed by atoms with Gasteiger partial charge in [0.2, 0.25) is 5.91 Å². The highest BCUT2D eigenvalue weighted by Crippen LogP contribution is 2.18. The highest BCUT2D eigenvalue weighted by atomic mass is 16.5. The number of amides is 1. The van der Waals surface area contributed by atoms with Gasteiger partial charge >= 0.3 is 5.97 Å². The second-order valence-corrected chi connectivity index (χ2v) is 22.1. The fourth-order valence-corrected chi connectivity index (χ4v) is 10.2. The molecule has 0 aliphatic rings. The monoisotopic (exact) mass is 988 g/mol. The average Bonchev–Trinajstić information content (AvgIpc) is 3.36. The van der Waals surface area contributed by atoms with Gasteiger partial charge in [-0.05, 0) is 51.4 Å². The molecule has 0 saturated heterocycles. The topological polar surface area (TPSA) is 95.9 Å².